The van der Waals surface area contributed by atoms with Crippen LogP contribution < -0.4 is 5.32 Å². The highest BCUT2D eigenvalue weighted by atomic mass is 16.4. The second-order valence-corrected chi connectivity index (χ2v) is 3.38. The van der Waals surface area contributed by atoms with Crippen molar-refractivity contribution >= 4 is 11.9 Å². The summed E-state index contributed by atoms with van der Waals surface area (Å²) in [6, 6.07) is -0.303. The van der Waals surface area contributed by atoms with Crippen LogP contribution >= 0.6 is 0 Å². The van der Waals surface area contributed by atoms with Crippen LogP contribution in [0.5, 0.6) is 0 Å². The third-order valence-corrected chi connectivity index (χ3v) is 2.11. The van der Waals surface area contributed by atoms with Gasteiger partial charge in [0.15, 0.2) is 0 Å². The number of aliphatic carboxylic acids is 1. The number of amides is 1. The van der Waals surface area contributed by atoms with Crippen LogP contribution in [0.1, 0.15) is 13.3 Å². The summed E-state index contributed by atoms with van der Waals surface area (Å²) in [6.45, 7) is 1.53. The molecule has 74 valence electrons. The predicted molar refractivity (Wildman–Crippen MR) is 43.9 cm³/mol. The molecule has 3 unspecified atom stereocenters. The molecule has 0 radical (unpaired) electrons. The van der Waals surface area contributed by atoms with Crippen molar-refractivity contribution in [2.24, 2.45) is 11.8 Å². The molecule has 1 fully saturated rings. The fraction of sp³-hybridized carbons (Fsp3) is 0.750. The van der Waals surface area contributed by atoms with Crippen molar-refractivity contribution in [3.8, 4) is 0 Å². The number of nitrogens with one attached hydrogen (secondary N) is 1. The molecule has 5 nitrogen and oxygen atoms in total. The number of carbonyl (C=O) groups is 2. The molecule has 0 aromatic heterocycles. The first-order valence-electron chi connectivity index (χ1n) is 4.20. The molecule has 3 N–H and O–H groups in total. The molecular weight excluding hydrogens is 174 g/mol. The molecule has 0 bridgehead atoms. The Kier molecular flexibility index (Phi) is 2.87. The maximum atomic E-state index is 11.2. The summed E-state index contributed by atoms with van der Waals surface area (Å²) in [6.07, 6.45) is 0.416. The summed E-state index contributed by atoms with van der Waals surface area (Å²) in [5, 5.41) is 19.7. The van der Waals surface area contributed by atoms with E-state index in [0.717, 1.165) is 0 Å². The van der Waals surface area contributed by atoms with E-state index in [1.165, 1.54) is 0 Å². The van der Waals surface area contributed by atoms with E-state index in [9.17, 15) is 9.59 Å². The second kappa shape index (κ2) is 3.74. The Bertz CT molecular complexity index is 228. The van der Waals surface area contributed by atoms with Crippen molar-refractivity contribution in [3.63, 3.8) is 0 Å². The topological polar surface area (TPSA) is 86.6 Å². The Hall–Kier alpha value is -1.10. The van der Waals surface area contributed by atoms with E-state index in [1.807, 2.05) is 0 Å². The van der Waals surface area contributed by atoms with Gasteiger partial charge in [-0.25, -0.2) is 0 Å². The first-order chi connectivity index (χ1) is 6.06. The van der Waals surface area contributed by atoms with Gasteiger partial charge in [0.25, 0.3) is 0 Å². The number of aliphatic hydroxyl groups is 1. The predicted octanol–water partition coefficient (Wildman–Crippen LogP) is -0.796. The Balaban J connectivity index is 2.31. The molecule has 1 amide bonds. The summed E-state index contributed by atoms with van der Waals surface area (Å²) in [4.78, 5) is 21.6. The lowest BCUT2D eigenvalue weighted by Crippen LogP contribution is -2.36. The zero-order valence-electron chi connectivity index (χ0n) is 7.36. The first kappa shape index (κ1) is 9.98. The van der Waals surface area contributed by atoms with Gasteiger partial charge in [0.05, 0.1) is 18.4 Å². The Morgan fingerprint density at radius 1 is 1.54 bits per heavy atom. The van der Waals surface area contributed by atoms with Gasteiger partial charge in [-0.1, -0.05) is 0 Å². The van der Waals surface area contributed by atoms with Gasteiger partial charge < -0.3 is 15.5 Å². The van der Waals surface area contributed by atoms with E-state index >= 15 is 0 Å². The molecule has 1 aliphatic carbocycles. The monoisotopic (exact) mass is 187 g/mol. The van der Waals surface area contributed by atoms with E-state index in [4.69, 9.17) is 10.2 Å². The van der Waals surface area contributed by atoms with Gasteiger partial charge >= 0.3 is 5.97 Å². The fourth-order valence-corrected chi connectivity index (χ4v) is 1.15. The molecule has 1 aliphatic rings. The van der Waals surface area contributed by atoms with Gasteiger partial charge in [0.2, 0.25) is 5.91 Å². The summed E-state index contributed by atoms with van der Waals surface area (Å²) in [5.41, 5.74) is 0. The molecule has 0 heterocycles. The lowest BCUT2D eigenvalue weighted by atomic mass is 10.2. The lowest BCUT2D eigenvalue weighted by Gasteiger charge is -2.09. The summed E-state index contributed by atoms with van der Waals surface area (Å²) >= 11 is 0. The van der Waals surface area contributed by atoms with Crippen LogP contribution in [0.4, 0.5) is 0 Å². The molecular formula is C8H13NO4. The van der Waals surface area contributed by atoms with E-state index in [0.29, 0.717) is 6.42 Å². The molecule has 0 aliphatic heterocycles. The molecule has 1 rings (SSSR count). The van der Waals surface area contributed by atoms with Crippen LogP contribution in [0, 0.1) is 11.8 Å². The molecule has 1 saturated carbocycles. The van der Waals surface area contributed by atoms with Crippen LogP contribution in [0.25, 0.3) is 0 Å². The average Bonchev–Trinajstić information content (AvgIpc) is 2.82. The Morgan fingerprint density at radius 2 is 2.15 bits per heavy atom. The maximum Gasteiger partial charge on any atom is 0.307 e. The smallest absolute Gasteiger partial charge is 0.307 e. The number of rotatable bonds is 4. The van der Waals surface area contributed by atoms with Gasteiger partial charge in [-0.15, -0.1) is 0 Å². The lowest BCUT2D eigenvalue weighted by molar-refractivity contribution is -0.140. The zero-order chi connectivity index (χ0) is 10.0. The van der Waals surface area contributed by atoms with E-state index in [-0.39, 0.29) is 18.6 Å². The number of hydrogen-bond acceptors (Lipinski definition) is 3. The number of carboxylic acids is 1. The maximum absolute atomic E-state index is 11.2. The normalized spacial score (nSPS) is 27.8. The number of carbonyl (C=O) groups excluding carboxylic acids is 1. The molecule has 0 saturated heterocycles. The minimum absolute atomic E-state index is 0.129. The first-order valence-corrected chi connectivity index (χ1v) is 4.20. The Labute approximate surface area is 75.7 Å². The van der Waals surface area contributed by atoms with Crippen LogP contribution in [0.2, 0.25) is 0 Å². The molecule has 0 aromatic rings. The number of carboxylic acid groups (broad SMARTS) is 1. The largest absolute Gasteiger partial charge is 0.481 e. The SMILES string of the molecule is CC(CO)NC(=O)C1CC1C(=O)O. The van der Waals surface area contributed by atoms with Gasteiger partial charge in [-0.3, -0.25) is 9.59 Å². The average molecular weight is 187 g/mol. The van der Waals surface area contributed by atoms with E-state index in [2.05, 4.69) is 5.32 Å². The number of hydrogen-bond donors (Lipinski definition) is 3. The standard InChI is InChI=1S/C8H13NO4/c1-4(3-10)9-7(11)5-2-6(5)8(12)13/h4-6,10H,2-3H2,1H3,(H,9,11)(H,12,13). The number of aliphatic hydroxyl groups excluding tert-OH is 1. The van der Waals surface area contributed by atoms with E-state index < -0.39 is 17.8 Å². The summed E-state index contributed by atoms with van der Waals surface area (Å²) < 4.78 is 0. The van der Waals surface area contributed by atoms with Gasteiger partial charge in [0.1, 0.15) is 0 Å². The van der Waals surface area contributed by atoms with Gasteiger partial charge in [-0.2, -0.15) is 0 Å². The molecule has 13 heavy (non-hydrogen) atoms. The summed E-state index contributed by atoms with van der Waals surface area (Å²) in [7, 11) is 0. The Morgan fingerprint density at radius 3 is 2.54 bits per heavy atom. The zero-order valence-corrected chi connectivity index (χ0v) is 7.36. The van der Waals surface area contributed by atoms with Crippen molar-refractivity contribution in [2.75, 3.05) is 6.61 Å². The highest BCUT2D eigenvalue weighted by Gasteiger charge is 2.48. The van der Waals surface area contributed by atoms with E-state index in [1.54, 1.807) is 6.92 Å². The minimum Gasteiger partial charge on any atom is -0.481 e. The van der Waals surface area contributed by atoms with Crippen molar-refractivity contribution in [1.29, 1.82) is 0 Å². The third-order valence-electron chi connectivity index (χ3n) is 2.11. The molecule has 3 atom stereocenters. The molecule has 5 heteroatoms. The molecule has 0 aromatic carbocycles. The van der Waals surface area contributed by atoms with Crippen LogP contribution in [0.3, 0.4) is 0 Å². The van der Waals surface area contributed by atoms with Crippen molar-refractivity contribution in [2.45, 2.75) is 19.4 Å². The van der Waals surface area contributed by atoms with Crippen LogP contribution in [-0.2, 0) is 9.59 Å². The molecule has 0 spiro atoms. The van der Waals surface area contributed by atoms with Crippen molar-refractivity contribution < 1.29 is 19.8 Å². The highest BCUT2D eigenvalue weighted by molar-refractivity contribution is 5.89. The highest BCUT2D eigenvalue weighted by Crippen LogP contribution is 2.38. The van der Waals surface area contributed by atoms with Crippen LogP contribution in [0.15, 0.2) is 0 Å². The van der Waals surface area contributed by atoms with Crippen molar-refractivity contribution in [3.05, 3.63) is 0 Å². The van der Waals surface area contributed by atoms with Crippen LogP contribution in [-0.4, -0.2) is 34.7 Å². The van der Waals surface area contributed by atoms with Gasteiger partial charge in [-0.05, 0) is 13.3 Å². The second-order valence-electron chi connectivity index (χ2n) is 3.38. The van der Waals surface area contributed by atoms with Gasteiger partial charge in [0, 0.05) is 6.04 Å². The quantitative estimate of drug-likeness (QED) is 0.538. The fourth-order valence-electron chi connectivity index (χ4n) is 1.15. The third kappa shape index (κ3) is 2.42. The minimum atomic E-state index is -0.920. The summed E-state index contributed by atoms with van der Waals surface area (Å²) in [5.74, 6) is -2.11. The van der Waals surface area contributed by atoms with Crippen molar-refractivity contribution in [1.82, 2.24) is 5.32 Å².